The first-order chi connectivity index (χ1) is 12.5. The lowest BCUT2D eigenvalue weighted by Crippen LogP contribution is -2.37. The smallest absolute Gasteiger partial charge is 0.319 e. The number of carboxylic acid groups (broad SMARTS) is 1. The van der Waals surface area contributed by atoms with Gasteiger partial charge in [-0.25, -0.2) is 8.02 Å². The van der Waals surface area contributed by atoms with Gasteiger partial charge in [0.1, 0.15) is 6.61 Å². The fourth-order valence-electron chi connectivity index (χ4n) is 3.16. The van der Waals surface area contributed by atoms with Crippen molar-refractivity contribution in [2.24, 2.45) is 0 Å². The van der Waals surface area contributed by atoms with Crippen molar-refractivity contribution in [3.8, 4) is 11.1 Å². The number of carbonyl (C=O) groups excluding carboxylic acids is 1. The number of benzene rings is 2. The number of carbonyl (C=O) groups is 2. The second-order valence-electron chi connectivity index (χ2n) is 5.93. The molecular weight excluding hydrogens is 371 g/mol. The van der Waals surface area contributed by atoms with Crippen LogP contribution < -0.4 is 4.72 Å². The molecule has 0 aliphatic heterocycles. The van der Waals surface area contributed by atoms with Crippen LogP contribution in [0.25, 0.3) is 11.1 Å². The largest absolute Gasteiger partial charge is 0.480 e. The molecular formula is C18H18N2O4PS-. The van der Waals surface area contributed by atoms with Crippen molar-refractivity contribution in [2.75, 3.05) is 6.61 Å². The Bertz CT molecular complexity index is 875. The van der Waals surface area contributed by atoms with Crippen LogP contribution in [0.15, 0.2) is 48.5 Å². The maximum atomic E-state index is 12.1. The van der Waals surface area contributed by atoms with Gasteiger partial charge < -0.3 is 29.4 Å². The van der Waals surface area contributed by atoms with Crippen LogP contribution in [0.2, 0.25) is 0 Å². The predicted octanol–water partition coefficient (Wildman–Crippen LogP) is 3.13. The lowest BCUT2D eigenvalue weighted by Gasteiger charge is -2.19. The Labute approximate surface area is 155 Å². The molecule has 2 aromatic rings. The van der Waals surface area contributed by atoms with Crippen molar-refractivity contribution in [3.05, 3.63) is 59.7 Å². The molecule has 1 unspecified atom stereocenters. The summed E-state index contributed by atoms with van der Waals surface area (Å²) in [4.78, 5) is 23.3. The first-order valence-electron chi connectivity index (χ1n) is 7.97. The molecule has 0 saturated carbocycles. The molecule has 0 amide bonds. The number of nitrogens with one attached hydrogen (secondary N) is 2. The van der Waals surface area contributed by atoms with Crippen LogP contribution in [0.3, 0.4) is 0 Å². The molecule has 3 rings (SSSR count). The van der Waals surface area contributed by atoms with Crippen LogP contribution in [0.4, 0.5) is 0 Å². The maximum absolute atomic E-state index is 12.1. The minimum absolute atomic E-state index is 0.0656. The van der Waals surface area contributed by atoms with Crippen molar-refractivity contribution >= 4 is 30.0 Å². The van der Waals surface area contributed by atoms with Crippen LogP contribution in [-0.4, -0.2) is 29.7 Å². The van der Waals surface area contributed by atoms with Crippen LogP contribution >= 0.6 is 8.02 Å². The number of ether oxygens (including phenoxy) is 1. The molecule has 1 aliphatic rings. The van der Waals surface area contributed by atoms with E-state index >= 15 is 0 Å². The van der Waals surface area contributed by atoms with Crippen LogP contribution in [0.1, 0.15) is 23.5 Å². The number of aliphatic carboxylic acids is 1. The molecule has 0 saturated heterocycles. The third kappa shape index (κ3) is 3.96. The second kappa shape index (κ2) is 7.99. The van der Waals surface area contributed by atoms with E-state index in [2.05, 4.69) is 12.7 Å². The Morgan fingerprint density at radius 1 is 1.15 bits per heavy atom. The van der Waals surface area contributed by atoms with Crippen molar-refractivity contribution in [1.29, 1.82) is 4.78 Å². The summed E-state index contributed by atoms with van der Waals surface area (Å²) in [5, 5.41) is 9.14. The van der Waals surface area contributed by atoms with Crippen LogP contribution in [-0.2, 0) is 24.4 Å². The van der Waals surface area contributed by atoms with Gasteiger partial charge in [-0.2, -0.15) is 0 Å². The van der Waals surface area contributed by atoms with Crippen LogP contribution in [0, 0.1) is 4.78 Å². The summed E-state index contributed by atoms with van der Waals surface area (Å²) >= 11 is 0. The lowest BCUT2D eigenvalue weighted by molar-refractivity contribution is -0.149. The van der Waals surface area contributed by atoms with E-state index in [-0.39, 0.29) is 18.9 Å². The van der Waals surface area contributed by atoms with E-state index < -0.39 is 28.0 Å². The first-order valence-corrected chi connectivity index (χ1v) is 10.4. The monoisotopic (exact) mass is 389 g/mol. The van der Waals surface area contributed by atoms with Gasteiger partial charge in [-0.3, -0.25) is 9.59 Å². The van der Waals surface area contributed by atoms with Gasteiger partial charge in [0.25, 0.3) is 0 Å². The van der Waals surface area contributed by atoms with E-state index in [1.165, 1.54) is 0 Å². The van der Waals surface area contributed by atoms with Crippen molar-refractivity contribution in [1.82, 2.24) is 4.72 Å². The Balaban J connectivity index is 1.72. The third-order valence-electron chi connectivity index (χ3n) is 4.30. The van der Waals surface area contributed by atoms with Gasteiger partial charge in [0.2, 0.25) is 0 Å². The molecule has 26 heavy (non-hydrogen) atoms. The minimum atomic E-state index is -1.23. The van der Waals surface area contributed by atoms with Gasteiger partial charge in [0.05, 0.1) is 12.5 Å². The standard InChI is InChI=1S/C18H18N2O4PS/c19-26(25)20-16(18(22)23)9-17(21)24-10-15-13-7-3-1-5-11(13)12-6-2-4-8-14(12)15/h1-8,15-16,25H,9-10H2,(H2,19,20)(H,22,23)/q-1. The van der Waals surface area contributed by atoms with Gasteiger partial charge >= 0.3 is 11.9 Å². The molecule has 0 aromatic heterocycles. The predicted molar refractivity (Wildman–Crippen MR) is 102 cm³/mol. The summed E-state index contributed by atoms with van der Waals surface area (Å²) in [5.41, 5.74) is 4.46. The van der Waals surface area contributed by atoms with Crippen molar-refractivity contribution in [2.45, 2.75) is 18.4 Å². The topological polar surface area (TPSA) is 99.5 Å². The molecule has 6 nitrogen and oxygen atoms in total. The Hall–Kier alpha value is -2.21. The van der Waals surface area contributed by atoms with Crippen molar-refractivity contribution < 1.29 is 19.4 Å². The molecule has 1 aliphatic carbocycles. The summed E-state index contributed by atoms with van der Waals surface area (Å²) < 4.78 is 15.2. The highest BCUT2D eigenvalue weighted by atomic mass is 32.5. The summed E-state index contributed by atoms with van der Waals surface area (Å²) in [6, 6.07) is 14.8. The molecule has 0 spiro atoms. The molecule has 8 heteroatoms. The zero-order valence-corrected chi connectivity index (χ0v) is 15.6. The fourth-order valence-corrected chi connectivity index (χ4v) is 4.06. The molecule has 2 aromatic carbocycles. The third-order valence-corrected chi connectivity index (χ3v) is 5.18. The first kappa shape index (κ1) is 18.6. The fraction of sp³-hybridized carbons (Fsp3) is 0.222. The van der Waals surface area contributed by atoms with E-state index in [0.29, 0.717) is 0 Å². The van der Waals surface area contributed by atoms with Gasteiger partial charge in [-0.1, -0.05) is 48.5 Å². The lowest BCUT2D eigenvalue weighted by atomic mass is 9.98. The summed E-state index contributed by atoms with van der Waals surface area (Å²) in [5.74, 6) is -1.87. The van der Waals surface area contributed by atoms with E-state index in [4.69, 9.17) is 14.6 Å². The number of hydrogen-bond acceptors (Lipinski definition) is 5. The van der Waals surface area contributed by atoms with E-state index in [0.717, 1.165) is 22.3 Å². The van der Waals surface area contributed by atoms with Gasteiger partial charge in [0.15, 0.2) is 0 Å². The van der Waals surface area contributed by atoms with Crippen molar-refractivity contribution in [3.63, 3.8) is 0 Å². The van der Waals surface area contributed by atoms with E-state index in [9.17, 15) is 9.59 Å². The number of hydrogen-bond donors (Lipinski definition) is 3. The molecule has 0 radical (unpaired) electrons. The SMILES string of the molecule is N=[S-](=P)NC(CC(=O)OCC1c2ccccc2-c2ccccc21)C(=O)O. The van der Waals surface area contributed by atoms with Gasteiger partial charge in [0, 0.05) is 5.92 Å². The molecule has 0 heterocycles. The minimum Gasteiger partial charge on any atom is -0.480 e. The zero-order chi connectivity index (χ0) is 18.7. The number of rotatable bonds is 7. The maximum Gasteiger partial charge on any atom is 0.319 e. The summed E-state index contributed by atoms with van der Waals surface area (Å²) in [7, 11) is 1.75. The molecule has 0 fully saturated rings. The highest BCUT2D eigenvalue weighted by molar-refractivity contribution is 8.06. The van der Waals surface area contributed by atoms with Gasteiger partial charge in [-0.15, -0.1) is 0 Å². The van der Waals surface area contributed by atoms with Gasteiger partial charge in [-0.05, 0) is 22.3 Å². The summed E-state index contributed by atoms with van der Waals surface area (Å²) in [6.45, 7) is 0.152. The Kier molecular flexibility index (Phi) is 5.71. The average molecular weight is 389 g/mol. The van der Waals surface area contributed by atoms with E-state index in [1.54, 1.807) is 0 Å². The number of esters is 1. The molecule has 3 N–H and O–H groups in total. The van der Waals surface area contributed by atoms with E-state index in [1.807, 2.05) is 48.5 Å². The zero-order valence-electron chi connectivity index (χ0n) is 13.8. The summed E-state index contributed by atoms with van der Waals surface area (Å²) in [6.07, 6.45) is -0.335. The second-order valence-corrected chi connectivity index (χ2v) is 8.00. The quantitative estimate of drug-likeness (QED) is 0.384. The highest BCUT2D eigenvalue weighted by Gasteiger charge is 2.29. The average Bonchev–Trinajstić information content (AvgIpc) is 2.93. The highest BCUT2D eigenvalue weighted by Crippen LogP contribution is 2.44. The number of fused-ring (bicyclic) bond motifs is 3. The number of carboxylic acids is 1. The Morgan fingerprint density at radius 2 is 1.69 bits per heavy atom. The normalized spacial score (nSPS) is 13.9. The molecule has 1 atom stereocenters. The molecule has 0 bridgehead atoms. The molecule has 136 valence electrons. The Morgan fingerprint density at radius 3 is 2.19 bits per heavy atom. The van der Waals surface area contributed by atoms with Crippen LogP contribution in [0.5, 0.6) is 0 Å².